The molecule has 1 amide bonds. The van der Waals surface area contributed by atoms with Gasteiger partial charge in [0.2, 0.25) is 6.10 Å². The van der Waals surface area contributed by atoms with E-state index in [0.717, 1.165) is 40.2 Å². The van der Waals surface area contributed by atoms with Gasteiger partial charge in [-0.15, -0.1) is 0 Å². The Morgan fingerprint density at radius 2 is 1.20 bits per heavy atom. The summed E-state index contributed by atoms with van der Waals surface area (Å²) >= 11 is 0. The topological polar surface area (TPSA) is 161 Å². The van der Waals surface area contributed by atoms with Crippen LogP contribution in [0.3, 0.4) is 0 Å². The van der Waals surface area contributed by atoms with Gasteiger partial charge in [0.15, 0.2) is 18.3 Å². The van der Waals surface area contributed by atoms with E-state index in [1.165, 1.54) is 0 Å². The summed E-state index contributed by atoms with van der Waals surface area (Å²) in [6, 6.07) is 8.76. The number of esters is 5. The minimum atomic E-state index is -1.82. The van der Waals surface area contributed by atoms with E-state index in [4.69, 9.17) is 23.7 Å². The van der Waals surface area contributed by atoms with Crippen molar-refractivity contribution in [3.8, 4) is 0 Å². The van der Waals surface area contributed by atoms with Crippen LogP contribution >= 0.6 is 0 Å². The molecule has 1 aromatic rings. The summed E-state index contributed by atoms with van der Waals surface area (Å²) in [5, 5.41) is 2.56. The van der Waals surface area contributed by atoms with Crippen molar-refractivity contribution in [1.29, 1.82) is 0 Å². The predicted molar refractivity (Wildman–Crippen MR) is 117 cm³/mol. The van der Waals surface area contributed by atoms with Gasteiger partial charge in [-0.05, 0) is 5.56 Å². The minimum Gasteiger partial charge on any atom is -0.462 e. The molecule has 1 N–H and O–H groups in total. The van der Waals surface area contributed by atoms with E-state index < -0.39 is 66.8 Å². The van der Waals surface area contributed by atoms with Crippen LogP contribution in [0.5, 0.6) is 0 Å². The molecule has 0 aliphatic rings. The molecule has 0 aliphatic heterocycles. The van der Waals surface area contributed by atoms with Crippen LogP contribution in [-0.4, -0.2) is 66.8 Å². The molecular formula is C23H29NO11. The van der Waals surface area contributed by atoms with Gasteiger partial charge in [-0.25, -0.2) is 0 Å². The van der Waals surface area contributed by atoms with Gasteiger partial charge < -0.3 is 29.0 Å². The Balaban J connectivity index is 3.42. The monoisotopic (exact) mass is 495 g/mol. The predicted octanol–water partition coefficient (Wildman–Crippen LogP) is 0.593. The molecule has 0 bridgehead atoms. The molecule has 0 radical (unpaired) electrons. The molecule has 0 saturated heterocycles. The molecule has 1 rings (SSSR count). The van der Waals surface area contributed by atoms with Gasteiger partial charge >= 0.3 is 29.8 Å². The van der Waals surface area contributed by atoms with E-state index in [1.54, 1.807) is 30.3 Å². The minimum absolute atomic E-state index is 0.0310. The number of hydrogen-bond donors (Lipinski definition) is 1. The van der Waals surface area contributed by atoms with Gasteiger partial charge in [0.05, 0.1) is 0 Å². The number of ether oxygens (including phenoxy) is 5. The van der Waals surface area contributed by atoms with Crippen LogP contribution in [0.15, 0.2) is 30.3 Å². The summed E-state index contributed by atoms with van der Waals surface area (Å²) in [5.74, 6) is -5.22. The number of nitrogens with one attached hydrogen (secondary N) is 1. The molecule has 192 valence electrons. The van der Waals surface area contributed by atoms with Crippen molar-refractivity contribution < 1.29 is 52.5 Å². The van der Waals surface area contributed by atoms with Gasteiger partial charge in [-0.3, -0.25) is 28.8 Å². The molecule has 0 spiro atoms. The molecule has 0 heterocycles. The van der Waals surface area contributed by atoms with Crippen molar-refractivity contribution in [2.75, 3.05) is 6.61 Å². The first-order valence-electron chi connectivity index (χ1n) is 10.5. The number of carbonyl (C=O) groups excluding carboxylic acids is 6. The number of amides is 1. The van der Waals surface area contributed by atoms with E-state index in [2.05, 4.69) is 5.32 Å². The fourth-order valence-electron chi connectivity index (χ4n) is 2.98. The van der Waals surface area contributed by atoms with E-state index >= 15 is 0 Å². The summed E-state index contributed by atoms with van der Waals surface area (Å²) in [4.78, 5) is 71.7. The van der Waals surface area contributed by atoms with Crippen LogP contribution in [0.25, 0.3) is 0 Å². The van der Waals surface area contributed by atoms with E-state index in [0.29, 0.717) is 0 Å². The molecular weight excluding hydrogens is 466 g/mol. The first-order chi connectivity index (χ1) is 16.4. The van der Waals surface area contributed by atoms with Crippen molar-refractivity contribution in [3.63, 3.8) is 0 Å². The highest BCUT2D eigenvalue weighted by Crippen LogP contribution is 2.20. The molecule has 0 unspecified atom stereocenters. The number of hydrogen-bond acceptors (Lipinski definition) is 11. The first kappa shape index (κ1) is 29.1. The molecule has 0 fully saturated rings. The van der Waals surface area contributed by atoms with Gasteiger partial charge in [0.25, 0.3) is 5.91 Å². The largest absolute Gasteiger partial charge is 0.462 e. The summed E-state index contributed by atoms with van der Waals surface area (Å²) in [7, 11) is 0. The van der Waals surface area contributed by atoms with Crippen LogP contribution in [0.2, 0.25) is 0 Å². The summed E-state index contributed by atoms with van der Waals surface area (Å²) < 4.78 is 25.6. The van der Waals surface area contributed by atoms with Crippen molar-refractivity contribution in [2.45, 2.75) is 65.6 Å². The zero-order chi connectivity index (χ0) is 26.5. The lowest BCUT2D eigenvalue weighted by atomic mass is 10.0. The Bertz CT molecular complexity index is 915. The van der Waals surface area contributed by atoms with Crippen molar-refractivity contribution in [2.24, 2.45) is 0 Å². The highest BCUT2D eigenvalue weighted by molar-refractivity contribution is 5.84. The average molecular weight is 495 g/mol. The van der Waals surface area contributed by atoms with Crippen molar-refractivity contribution in [1.82, 2.24) is 5.32 Å². The number of benzene rings is 1. The normalized spacial score (nSPS) is 13.7. The lowest BCUT2D eigenvalue weighted by molar-refractivity contribution is -0.203. The second-order valence-corrected chi connectivity index (χ2v) is 7.33. The number of rotatable bonds is 12. The Labute approximate surface area is 202 Å². The highest BCUT2D eigenvalue weighted by Gasteiger charge is 2.46. The van der Waals surface area contributed by atoms with Crippen LogP contribution < -0.4 is 5.32 Å². The molecule has 12 nitrogen and oxygen atoms in total. The van der Waals surface area contributed by atoms with Gasteiger partial charge in [0, 0.05) is 41.2 Å². The third kappa shape index (κ3) is 11.1. The van der Waals surface area contributed by atoms with Gasteiger partial charge in [-0.1, -0.05) is 30.3 Å². The first-order valence-corrected chi connectivity index (χ1v) is 10.5. The van der Waals surface area contributed by atoms with Gasteiger partial charge in [-0.2, -0.15) is 0 Å². The van der Waals surface area contributed by atoms with Gasteiger partial charge in [0.1, 0.15) is 6.61 Å². The van der Waals surface area contributed by atoms with Crippen molar-refractivity contribution in [3.05, 3.63) is 35.9 Å². The zero-order valence-electron chi connectivity index (χ0n) is 20.1. The second kappa shape index (κ2) is 14.3. The molecule has 0 aliphatic carbocycles. The molecule has 35 heavy (non-hydrogen) atoms. The second-order valence-electron chi connectivity index (χ2n) is 7.33. The third-order valence-corrected chi connectivity index (χ3v) is 4.22. The van der Waals surface area contributed by atoms with E-state index in [1.807, 2.05) is 0 Å². The fraction of sp³-hybridized carbons (Fsp3) is 0.478. The molecule has 0 aromatic heterocycles. The lowest BCUT2D eigenvalue weighted by Gasteiger charge is -2.34. The summed E-state index contributed by atoms with van der Waals surface area (Å²) in [6.45, 7) is 4.61. The highest BCUT2D eigenvalue weighted by atomic mass is 16.6. The van der Waals surface area contributed by atoms with Crippen LogP contribution in [-0.2, 0) is 59.0 Å². The summed E-state index contributed by atoms with van der Waals surface area (Å²) in [5.41, 5.74) is 0.718. The zero-order valence-corrected chi connectivity index (χ0v) is 20.1. The fourth-order valence-corrected chi connectivity index (χ4v) is 2.98. The average Bonchev–Trinajstić information content (AvgIpc) is 2.75. The lowest BCUT2D eigenvalue weighted by Crippen LogP contribution is -2.57. The molecule has 12 heteroatoms. The Morgan fingerprint density at radius 1 is 0.686 bits per heavy atom. The Hall–Kier alpha value is -3.96. The Morgan fingerprint density at radius 3 is 1.69 bits per heavy atom. The van der Waals surface area contributed by atoms with Crippen molar-refractivity contribution >= 4 is 35.8 Å². The molecule has 1 aromatic carbocycles. The van der Waals surface area contributed by atoms with Crippen LogP contribution in [0.4, 0.5) is 0 Å². The maximum atomic E-state index is 13.1. The Kier molecular flexibility index (Phi) is 11.9. The summed E-state index contributed by atoms with van der Waals surface area (Å²) in [6.07, 6.45) is -6.79. The maximum Gasteiger partial charge on any atom is 0.303 e. The standard InChI is InChI=1S/C23H29NO11/c1-13(25)31-12-19(32-14(2)26)20(33-15(3)27)21(34-16(4)28)22(35-17(5)29)23(30)24-11-18-9-7-6-8-10-18/h6-10,19-22H,11-12H2,1-5H3,(H,24,30)/t19-,20-,21+,22-/m1/s1. The van der Waals surface area contributed by atoms with E-state index in [-0.39, 0.29) is 6.54 Å². The van der Waals surface area contributed by atoms with Crippen LogP contribution in [0, 0.1) is 0 Å². The van der Waals surface area contributed by atoms with E-state index in [9.17, 15) is 28.8 Å². The van der Waals surface area contributed by atoms with Crippen LogP contribution in [0.1, 0.15) is 40.2 Å². The molecule has 4 atom stereocenters. The third-order valence-electron chi connectivity index (χ3n) is 4.22. The number of carbonyl (C=O) groups is 6. The maximum absolute atomic E-state index is 13.1. The quantitative estimate of drug-likeness (QED) is 0.319. The molecule has 0 saturated carbocycles. The SMILES string of the molecule is CC(=O)OC[C@@H](OC(C)=O)[C@@H](OC(C)=O)[C@H](OC(C)=O)[C@@H](OC(C)=O)C(=O)NCc1ccccc1. The smallest absolute Gasteiger partial charge is 0.303 e.